The van der Waals surface area contributed by atoms with Crippen molar-refractivity contribution in [2.75, 3.05) is 57.8 Å². The van der Waals surface area contributed by atoms with Crippen molar-refractivity contribution in [3.63, 3.8) is 0 Å². The molecule has 0 saturated carbocycles. The van der Waals surface area contributed by atoms with Crippen molar-refractivity contribution < 1.29 is 19.1 Å². The molecular formula is C17H24N4O4. The van der Waals surface area contributed by atoms with Crippen LogP contribution in [-0.2, 0) is 4.79 Å². The number of rotatable bonds is 7. The van der Waals surface area contributed by atoms with E-state index in [0.29, 0.717) is 50.0 Å². The van der Waals surface area contributed by atoms with Crippen molar-refractivity contribution in [1.29, 1.82) is 0 Å². The van der Waals surface area contributed by atoms with Gasteiger partial charge in [-0.2, -0.15) is 0 Å². The number of anilines is 1. The first kappa shape index (κ1) is 17.3. The molecule has 2 N–H and O–H groups in total. The van der Waals surface area contributed by atoms with E-state index < -0.39 is 0 Å². The molecule has 1 aromatic carbocycles. The summed E-state index contributed by atoms with van der Waals surface area (Å²) in [6, 6.07) is 5.35. The Balaban J connectivity index is 1.49. The van der Waals surface area contributed by atoms with E-state index in [2.05, 4.69) is 10.6 Å². The van der Waals surface area contributed by atoms with Crippen molar-refractivity contribution in [1.82, 2.24) is 15.1 Å². The zero-order chi connectivity index (χ0) is 17.6. The maximum atomic E-state index is 12.3. The Morgan fingerprint density at radius 2 is 2.12 bits per heavy atom. The second-order valence-corrected chi connectivity index (χ2v) is 5.99. The fourth-order valence-electron chi connectivity index (χ4n) is 2.86. The minimum Gasteiger partial charge on any atom is -0.486 e. The van der Waals surface area contributed by atoms with Crippen LogP contribution in [0, 0.1) is 0 Å². The second-order valence-electron chi connectivity index (χ2n) is 5.99. The number of nitrogens with zero attached hydrogens (tertiary/aromatic N) is 2. The number of hydrogen-bond acceptors (Lipinski definition) is 5. The summed E-state index contributed by atoms with van der Waals surface area (Å²) in [5.41, 5.74) is 0.684. The average Bonchev–Trinajstić information content (AvgIpc) is 3.03. The topological polar surface area (TPSA) is 83.1 Å². The summed E-state index contributed by atoms with van der Waals surface area (Å²) in [7, 11) is 0. The maximum Gasteiger partial charge on any atom is 0.317 e. The lowest BCUT2D eigenvalue weighted by atomic mass is 10.2. The van der Waals surface area contributed by atoms with Crippen molar-refractivity contribution in [3.05, 3.63) is 18.2 Å². The van der Waals surface area contributed by atoms with E-state index in [0.717, 1.165) is 13.1 Å². The maximum absolute atomic E-state index is 12.3. The number of nitrogens with one attached hydrogen (secondary N) is 2. The van der Waals surface area contributed by atoms with Gasteiger partial charge in [-0.05, 0) is 18.7 Å². The van der Waals surface area contributed by atoms with Gasteiger partial charge < -0.3 is 25.0 Å². The Hall–Kier alpha value is -2.48. The Bertz CT molecular complexity index is 637. The molecule has 8 nitrogen and oxygen atoms in total. The Kier molecular flexibility index (Phi) is 5.60. The molecule has 136 valence electrons. The second kappa shape index (κ2) is 8.06. The van der Waals surface area contributed by atoms with Crippen LogP contribution in [0.4, 0.5) is 10.5 Å². The lowest BCUT2D eigenvalue weighted by molar-refractivity contribution is -0.117. The van der Waals surface area contributed by atoms with E-state index in [9.17, 15) is 9.59 Å². The van der Waals surface area contributed by atoms with Crippen molar-refractivity contribution in [2.45, 2.75) is 6.92 Å². The standard InChI is InChI=1S/C17H24N4O4/c1-2-20(7-8-21-6-5-18-17(21)23)12-16(22)19-13-3-4-14-15(11-13)25-10-9-24-14/h3-4,11H,2,5-10,12H2,1H3,(H,18,23)(H,19,22). The highest BCUT2D eigenvalue weighted by Gasteiger charge is 2.20. The number of likely N-dealkylation sites (N-methyl/N-ethyl adjacent to an activating group) is 1. The molecule has 2 aliphatic heterocycles. The number of carbonyl (C=O) groups excluding carboxylic acids is 2. The van der Waals surface area contributed by atoms with E-state index in [4.69, 9.17) is 9.47 Å². The van der Waals surface area contributed by atoms with Crippen LogP contribution in [0.1, 0.15) is 6.92 Å². The van der Waals surface area contributed by atoms with Gasteiger partial charge in [0.2, 0.25) is 5.91 Å². The Morgan fingerprint density at radius 3 is 2.84 bits per heavy atom. The summed E-state index contributed by atoms with van der Waals surface area (Å²) < 4.78 is 11.0. The molecule has 25 heavy (non-hydrogen) atoms. The first-order valence-corrected chi connectivity index (χ1v) is 8.60. The molecule has 0 unspecified atom stereocenters. The normalized spacial score (nSPS) is 16.1. The third kappa shape index (κ3) is 4.54. The van der Waals surface area contributed by atoms with Gasteiger partial charge in [-0.1, -0.05) is 6.92 Å². The summed E-state index contributed by atoms with van der Waals surface area (Å²) in [6.07, 6.45) is 0. The third-order valence-electron chi connectivity index (χ3n) is 4.27. The SMILES string of the molecule is CCN(CCN1CCNC1=O)CC(=O)Nc1ccc2c(c1)OCCO2. The highest BCUT2D eigenvalue weighted by atomic mass is 16.6. The molecule has 8 heteroatoms. The van der Waals surface area contributed by atoms with Crippen LogP contribution < -0.4 is 20.1 Å². The van der Waals surface area contributed by atoms with E-state index in [-0.39, 0.29) is 18.5 Å². The molecule has 0 bridgehead atoms. The molecule has 3 rings (SSSR count). The molecule has 0 aromatic heterocycles. The molecule has 0 atom stereocenters. The van der Waals surface area contributed by atoms with Crippen LogP contribution in [0.25, 0.3) is 0 Å². The van der Waals surface area contributed by atoms with Gasteiger partial charge in [-0.3, -0.25) is 9.69 Å². The van der Waals surface area contributed by atoms with Gasteiger partial charge in [0.05, 0.1) is 6.54 Å². The van der Waals surface area contributed by atoms with Crippen LogP contribution >= 0.6 is 0 Å². The van der Waals surface area contributed by atoms with Crippen molar-refractivity contribution in [3.8, 4) is 11.5 Å². The fraction of sp³-hybridized carbons (Fsp3) is 0.529. The van der Waals surface area contributed by atoms with Crippen molar-refractivity contribution in [2.24, 2.45) is 0 Å². The third-order valence-corrected chi connectivity index (χ3v) is 4.27. The molecule has 3 amide bonds. The quantitative estimate of drug-likeness (QED) is 0.760. The van der Waals surface area contributed by atoms with Gasteiger partial charge in [-0.15, -0.1) is 0 Å². The monoisotopic (exact) mass is 348 g/mol. The van der Waals surface area contributed by atoms with Gasteiger partial charge in [0.15, 0.2) is 11.5 Å². The smallest absolute Gasteiger partial charge is 0.317 e. The first-order valence-electron chi connectivity index (χ1n) is 8.60. The summed E-state index contributed by atoms with van der Waals surface area (Å²) in [6.45, 7) is 6.77. The Morgan fingerprint density at radius 1 is 1.32 bits per heavy atom. The van der Waals surface area contributed by atoms with Crippen LogP contribution in [-0.4, -0.2) is 74.2 Å². The summed E-state index contributed by atoms with van der Waals surface area (Å²) >= 11 is 0. The van der Waals surface area contributed by atoms with Gasteiger partial charge in [0, 0.05) is 37.9 Å². The summed E-state index contributed by atoms with van der Waals surface area (Å²) in [5.74, 6) is 1.25. The molecule has 1 fully saturated rings. The molecule has 2 aliphatic rings. The zero-order valence-corrected chi connectivity index (χ0v) is 14.4. The number of carbonyl (C=O) groups is 2. The minimum absolute atomic E-state index is 0.0308. The number of ether oxygens (including phenoxy) is 2. The highest BCUT2D eigenvalue weighted by Crippen LogP contribution is 2.32. The lowest BCUT2D eigenvalue weighted by Crippen LogP contribution is -2.40. The molecule has 1 saturated heterocycles. The van der Waals surface area contributed by atoms with Gasteiger partial charge in [0.25, 0.3) is 0 Å². The molecule has 0 radical (unpaired) electrons. The minimum atomic E-state index is -0.0931. The van der Waals surface area contributed by atoms with Crippen molar-refractivity contribution >= 4 is 17.6 Å². The zero-order valence-electron chi connectivity index (χ0n) is 14.4. The van der Waals surface area contributed by atoms with Gasteiger partial charge in [0.1, 0.15) is 13.2 Å². The van der Waals surface area contributed by atoms with Crippen LogP contribution in [0.15, 0.2) is 18.2 Å². The van der Waals surface area contributed by atoms with Gasteiger partial charge >= 0.3 is 6.03 Å². The molecule has 0 spiro atoms. The summed E-state index contributed by atoms with van der Waals surface area (Å²) in [4.78, 5) is 27.6. The largest absolute Gasteiger partial charge is 0.486 e. The Labute approximate surface area is 147 Å². The molecule has 2 heterocycles. The lowest BCUT2D eigenvalue weighted by Gasteiger charge is -2.23. The molecule has 0 aliphatic carbocycles. The van der Waals surface area contributed by atoms with E-state index >= 15 is 0 Å². The predicted octanol–water partition coefficient (Wildman–Crippen LogP) is 0.743. The van der Waals surface area contributed by atoms with Crippen LogP contribution in [0.3, 0.4) is 0 Å². The molecule has 1 aromatic rings. The van der Waals surface area contributed by atoms with E-state index in [1.54, 1.807) is 23.1 Å². The van der Waals surface area contributed by atoms with Crippen LogP contribution in [0.5, 0.6) is 11.5 Å². The number of amides is 3. The fourth-order valence-corrected chi connectivity index (χ4v) is 2.86. The highest BCUT2D eigenvalue weighted by molar-refractivity contribution is 5.92. The number of fused-ring (bicyclic) bond motifs is 1. The van der Waals surface area contributed by atoms with Gasteiger partial charge in [-0.25, -0.2) is 4.79 Å². The number of benzene rings is 1. The average molecular weight is 348 g/mol. The van der Waals surface area contributed by atoms with E-state index in [1.807, 2.05) is 11.8 Å². The predicted molar refractivity (Wildman–Crippen MR) is 93.1 cm³/mol. The summed E-state index contributed by atoms with van der Waals surface area (Å²) in [5, 5.41) is 5.66. The first-order chi connectivity index (χ1) is 12.2. The van der Waals surface area contributed by atoms with E-state index in [1.165, 1.54) is 0 Å². The molecular weight excluding hydrogens is 324 g/mol. The van der Waals surface area contributed by atoms with Crippen LogP contribution in [0.2, 0.25) is 0 Å². The number of hydrogen-bond donors (Lipinski definition) is 2. The number of urea groups is 1.